The lowest BCUT2D eigenvalue weighted by Gasteiger charge is -2.28. The minimum absolute atomic E-state index is 0.0302. The molecule has 0 aliphatic carbocycles. The second-order valence-corrected chi connectivity index (χ2v) is 6.47. The molecule has 0 unspecified atom stereocenters. The van der Waals surface area contributed by atoms with E-state index in [2.05, 4.69) is 10.4 Å². The highest BCUT2D eigenvalue weighted by atomic mass is 16.2. The number of hydrogen-bond acceptors (Lipinski definition) is 4. The second-order valence-electron chi connectivity index (χ2n) is 6.47. The summed E-state index contributed by atoms with van der Waals surface area (Å²) in [4.78, 5) is 26.5. The van der Waals surface area contributed by atoms with Crippen LogP contribution in [0.4, 0.5) is 0 Å². The molecule has 2 aromatic rings. The second kappa shape index (κ2) is 5.87. The molecule has 24 heavy (non-hydrogen) atoms. The van der Waals surface area contributed by atoms with Crippen LogP contribution in [0.3, 0.4) is 0 Å². The van der Waals surface area contributed by atoms with E-state index in [1.807, 2.05) is 23.1 Å². The maximum Gasteiger partial charge on any atom is 0.266 e. The monoisotopic (exact) mass is 324 g/mol. The quantitative estimate of drug-likeness (QED) is 0.835. The lowest BCUT2D eigenvalue weighted by molar-refractivity contribution is 0.0732. The van der Waals surface area contributed by atoms with Gasteiger partial charge in [-0.15, -0.1) is 0 Å². The Morgan fingerprint density at radius 3 is 2.92 bits per heavy atom. The Kier molecular flexibility index (Phi) is 3.69. The summed E-state index contributed by atoms with van der Waals surface area (Å²) in [5.41, 5.74) is 4.90. The van der Waals surface area contributed by atoms with E-state index >= 15 is 0 Å². The standard InChI is InChI=1S/C18H20N4O2/c1-21-17(23)9-15-11-22(7-5-16(15)20-21)18(24)13-2-3-14-10-19-6-4-12(14)8-13/h2-3,8-9,19H,4-7,10-11H2,1H3. The number of rotatable bonds is 1. The fourth-order valence-corrected chi connectivity index (χ4v) is 3.46. The maximum absolute atomic E-state index is 12.9. The molecule has 0 atom stereocenters. The van der Waals surface area contributed by atoms with Crippen LogP contribution in [0.15, 0.2) is 29.1 Å². The fraction of sp³-hybridized carbons (Fsp3) is 0.389. The Bertz CT molecular complexity index is 872. The molecule has 2 aliphatic heterocycles. The van der Waals surface area contributed by atoms with Crippen LogP contribution in [0.2, 0.25) is 0 Å². The molecular formula is C18H20N4O2. The molecule has 2 aliphatic rings. The van der Waals surface area contributed by atoms with Crippen molar-refractivity contribution >= 4 is 5.91 Å². The van der Waals surface area contributed by atoms with Crippen LogP contribution in [0.1, 0.15) is 32.7 Å². The van der Waals surface area contributed by atoms with E-state index in [-0.39, 0.29) is 11.5 Å². The van der Waals surface area contributed by atoms with E-state index in [0.29, 0.717) is 19.5 Å². The van der Waals surface area contributed by atoms with E-state index in [9.17, 15) is 9.59 Å². The van der Waals surface area contributed by atoms with Crippen LogP contribution < -0.4 is 10.9 Å². The number of carbonyl (C=O) groups is 1. The van der Waals surface area contributed by atoms with Crippen LogP contribution in [-0.4, -0.2) is 33.7 Å². The topological polar surface area (TPSA) is 67.2 Å². The Morgan fingerprint density at radius 2 is 2.04 bits per heavy atom. The molecule has 124 valence electrons. The normalized spacial score (nSPS) is 16.5. The summed E-state index contributed by atoms with van der Waals surface area (Å²) in [5, 5.41) is 7.64. The predicted molar refractivity (Wildman–Crippen MR) is 89.8 cm³/mol. The molecule has 1 aromatic heterocycles. The molecule has 6 heteroatoms. The molecule has 0 fully saturated rings. The number of benzene rings is 1. The number of aromatic nitrogens is 2. The van der Waals surface area contributed by atoms with E-state index in [0.717, 1.165) is 36.3 Å². The van der Waals surface area contributed by atoms with Gasteiger partial charge < -0.3 is 10.2 Å². The Balaban J connectivity index is 1.59. The van der Waals surface area contributed by atoms with Crippen molar-refractivity contribution in [2.45, 2.75) is 25.9 Å². The summed E-state index contributed by atoms with van der Waals surface area (Å²) in [6.45, 7) is 2.91. The molecule has 1 amide bonds. The van der Waals surface area contributed by atoms with Gasteiger partial charge >= 0.3 is 0 Å². The minimum Gasteiger partial charge on any atom is -0.334 e. The molecule has 0 bridgehead atoms. The van der Waals surface area contributed by atoms with E-state index in [1.54, 1.807) is 13.1 Å². The van der Waals surface area contributed by atoms with Gasteiger partial charge in [0.25, 0.3) is 11.5 Å². The molecule has 0 spiro atoms. The third-order valence-corrected chi connectivity index (χ3v) is 4.86. The van der Waals surface area contributed by atoms with Crippen molar-refractivity contribution in [3.05, 3.63) is 62.6 Å². The zero-order valence-electron chi connectivity index (χ0n) is 13.7. The lowest BCUT2D eigenvalue weighted by Crippen LogP contribution is -2.38. The first-order chi connectivity index (χ1) is 11.6. The first kappa shape index (κ1) is 15.1. The van der Waals surface area contributed by atoms with Gasteiger partial charge in [-0.05, 0) is 36.2 Å². The van der Waals surface area contributed by atoms with E-state index in [1.165, 1.54) is 15.8 Å². The van der Waals surface area contributed by atoms with Crippen LogP contribution in [0.5, 0.6) is 0 Å². The van der Waals surface area contributed by atoms with Gasteiger partial charge in [0.05, 0.1) is 5.69 Å². The van der Waals surface area contributed by atoms with Gasteiger partial charge in [-0.25, -0.2) is 4.68 Å². The fourth-order valence-electron chi connectivity index (χ4n) is 3.46. The van der Waals surface area contributed by atoms with Gasteiger partial charge in [0, 0.05) is 50.3 Å². The van der Waals surface area contributed by atoms with Gasteiger partial charge in [-0.2, -0.15) is 5.10 Å². The average molecular weight is 324 g/mol. The summed E-state index contributed by atoms with van der Waals surface area (Å²) >= 11 is 0. The highest BCUT2D eigenvalue weighted by molar-refractivity contribution is 5.94. The number of hydrogen-bond donors (Lipinski definition) is 1. The molecular weight excluding hydrogens is 304 g/mol. The number of amides is 1. The molecule has 0 saturated heterocycles. The van der Waals surface area contributed by atoms with Crippen molar-refractivity contribution < 1.29 is 4.79 Å². The highest BCUT2D eigenvalue weighted by Gasteiger charge is 2.24. The van der Waals surface area contributed by atoms with Gasteiger partial charge in [0.15, 0.2) is 0 Å². The third kappa shape index (κ3) is 2.63. The van der Waals surface area contributed by atoms with Crippen molar-refractivity contribution in [2.24, 2.45) is 7.05 Å². The molecule has 1 N–H and O–H groups in total. The number of nitrogens with zero attached hydrogens (tertiary/aromatic N) is 3. The van der Waals surface area contributed by atoms with Crippen molar-refractivity contribution in [1.82, 2.24) is 20.0 Å². The van der Waals surface area contributed by atoms with Crippen molar-refractivity contribution in [3.8, 4) is 0 Å². The largest absolute Gasteiger partial charge is 0.334 e. The number of fused-ring (bicyclic) bond motifs is 2. The zero-order chi connectivity index (χ0) is 16.7. The van der Waals surface area contributed by atoms with E-state index < -0.39 is 0 Å². The first-order valence-electron chi connectivity index (χ1n) is 8.30. The zero-order valence-corrected chi connectivity index (χ0v) is 13.7. The van der Waals surface area contributed by atoms with E-state index in [4.69, 9.17) is 0 Å². The number of aryl methyl sites for hydroxylation is 1. The highest BCUT2D eigenvalue weighted by Crippen LogP contribution is 2.20. The SMILES string of the molecule is Cn1nc2c(cc1=O)CN(C(=O)c1ccc3c(c1)CCNC3)CC2. The maximum atomic E-state index is 12.9. The summed E-state index contributed by atoms with van der Waals surface area (Å²) in [6, 6.07) is 7.58. The Labute approximate surface area is 140 Å². The van der Waals surface area contributed by atoms with Crippen molar-refractivity contribution in [3.63, 3.8) is 0 Å². The average Bonchev–Trinajstić information content (AvgIpc) is 2.61. The van der Waals surface area contributed by atoms with Crippen LogP contribution >= 0.6 is 0 Å². The summed E-state index contributed by atoms with van der Waals surface area (Å²) in [5.74, 6) is 0.0302. The first-order valence-corrected chi connectivity index (χ1v) is 8.30. The van der Waals surface area contributed by atoms with Crippen LogP contribution in [0, 0.1) is 0 Å². The predicted octanol–water partition coefficient (Wildman–Crippen LogP) is 0.624. The molecule has 0 saturated carbocycles. The number of nitrogens with one attached hydrogen (secondary N) is 1. The van der Waals surface area contributed by atoms with Crippen LogP contribution in [-0.2, 0) is 33.0 Å². The Hall–Kier alpha value is -2.47. The molecule has 0 radical (unpaired) electrons. The molecule has 3 heterocycles. The molecule has 1 aromatic carbocycles. The van der Waals surface area contributed by atoms with Gasteiger partial charge in [-0.3, -0.25) is 9.59 Å². The summed E-state index contributed by atoms with van der Waals surface area (Å²) < 4.78 is 1.35. The minimum atomic E-state index is -0.135. The van der Waals surface area contributed by atoms with Gasteiger partial charge in [-0.1, -0.05) is 6.07 Å². The third-order valence-electron chi connectivity index (χ3n) is 4.86. The van der Waals surface area contributed by atoms with Crippen LogP contribution in [0.25, 0.3) is 0 Å². The summed E-state index contributed by atoms with van der Waals surface area (Å²) in [6.07, 6.45) is 1.64. The summed E-state index contributed by atoms with van der Waals surface area (Å²) in [7, 11) is 1.65. The van der Waals surface area contributed by atoms with Gasteiger partial charge in [0.1, 0.15) is 0 Å². The lowest BCUT2D eigenvalue weighted by atomic mass is 9.97. The van der Waals surface area contributed by atoms with Crippen molar-refractivity contribution in [2.75, 3.05) is 13.1 Å². The van der Waals surface area contributed by atoms with Crippen molar-refractivity contribution in [1.29, 1.82) is 0 Å². The molecule has 4 rings (SSSR count). The molecule has 6 nitrogen and oxygen atoms in total. The number of carbonyl (C=O) groups excluding carboxylic acids is 1. The van der Waals surface area contributed by atoms with Gasteiger partial charge in [0.2, 0.25) is 0 Å². The smallest absolute Gasteiger partial charge is 0.266 e. The Morgan fingerprint density at radius 1 is 1.17 bits per heavy atom.